The van der Waals surface area contributed by atoms with Crippen LogP contribution in [-0.4, -0.2) is 15.0 Å². The van der Waals surface area contributed by atoms with Gasteiger partial charge in [0.1, 0.15) is 16.5 Å². The predicted octanol–water partition coefficient (Wildman–Crippen LogP) is 4.39. The molecular weight excluding hydrogens is 349 g/mol. The summed E-state index contributed by atoms with van der Waals surface area (Å²) in [4.78, 5) is 26.2. The van der Waals surface area contributed by atoms with E-state index in [0.29, 0.717) is 22.5 Å². The lowest BCUT2D eigenvalue weighted by molar-refractivity contribution is 0.628. The summed E-state index contributed by atoms with van der Waals surface area (Å²) in [5.74, 6) is 0.317. The summed E-state index contributed by atoms with van der Waals surface area (Å²) < 4.78 is 13.2. The maximum absolute atomic E-state index is 13.2. The van der Waals surface area contributed by atoms with Crippen LogP contribution in [0.5, 0.6) is 0 Å². The number of aryl methyl sites for hydroxylation is 2. The van der Waals surface area contributed by atoms with E-state index in [1.165, 1.54) is 23.5 Å². The summed E-state index contributed by atoms with van der Waals surface area (Å²) in [6, 6.07) is 8.12. The number of nitrogens with zero attached hydrogens (tertiary/aromatic N) is 2. The lowest BCUT2D eigenvalue weighted by Crippen LogP contribution is -2.12. The van der Waals surface area contributed by atoms with Gasteiger partial charge in [0.15, 0.2) is 0 Å². The van der Waals surface area contributed by atoms with Crippen molar-refractivity contribution in [2.24, 2.45) is 0 Å². The van der Waals surface area contributed by atoms with Crippen molar-refractivity contribution in [1.29, 1.82) is 0 Å². The van der Waals surface area contributed by atoms with Gasteiger partial charge in [-0.05, 0) is 48.7 Å². The molecule has 26 heavy (non-hydrogen) atoms. The third-order valence-electron chi connectivity index (χ3n) is 4.43. The predicted molar refractivity (Wildman–Crippen MR) is 102 cm³/mol. The number of H-pyrrole nitrogens is 1. The van der Waals surface area contributed by atoms with Crippen molar-refractivity contribution in [1.82, 2.24) is 15.0 Å². The highest BCUT2D eigenvalue weighted by molar-refractivity contribution is 7.19. The molecule has 0 fully saturated rings. The molecule has 0 saturated heterocycles. The summed E-state index contributed by atoms with van der Waals surface area (Å²) in [5, 5.41) is 0.561. The van der Waals surface area contributed by atoms with Crippen LogP contribution in [-0.2, 0) is 6.42 Å². The number of aromatic amines is 1. The molecule has 3 heterocycles. The van der Waals surface area contributed by atoms with E-state index in [1.807, 2.05) is 19.9 Å². The van der Waals surface area contributed by atoms with Gasteiger partial charge >= 0.3 is 0 Å². The number of thiophene rings is 1. The topological polar surface area (TPSA) is 58.6 Å². The second-order valence-electron chi connectivity index (χ2n) is 6.21. The van der Waals surface area contributed by atoms with Crippen LogP contribution in [0.4, 0.5) is 4.39 Å². The van der Waals surface area contributed by atoms with Gasteiger partial charge in [-0.15, -0.1) is 11.3 Å². The van der Waals surface area contributed by atoms with Crippen molar-refractivity contribution in [2.75, 3.05) is 0 Å². The molecule has 0 atom stereocenters. The van der Waals surface area contributed by atoms with Crippen LogP contribution < -0.4 is 5.56 Å². The van der Waals surface area contributed by atoms with Crippen LogP contribution in [0.1, 0.15) is 21.8 Å². The normalized spacial score (nSPS) is 11.2. The first-order valence-electron chi connectivity index (χ1n) is 8.20. The molecule has 0 saturated carbocycles. The lowest BCUT2D eigenvalue weighted by atomic mass is 10.0. The fourth-order valence-electron chi connectivity index (χ4n) is 3.07. The Morgan fingerprint density at radius 1 is 1.15 bits per heavy atom. The molecule has 4 nitrogen and oxygen atoms in total. The number of hydrogen-bond donors (Lipinski definition) is 1. The van der Waals surface area contributed by atoms with Crippen molar-refractivity contribution >= 4 is 21.6 Å². The van der Waals surface area contributed by atoms with Gasteiger partial charge in [-0.25, -0.2) is 9.37 Å². The third-order valence-corrected chi connectivity index (χ3v) is 5.42. The van der Waals surface area contributed by atoms with Crippen LogP contribution in [0.15, 0.2) is 47.5 Å². The third kappa shape index (κ3) is 2.93. The highest BCUT2D eigenvalue weighted by Crippen LogP contribution is 2.35. The second-order valence-corrected chi connectivity index (χ2v) is 7.42. The molecule has 1 aromatic carbocycles. The van der Waals surface area contributed by atoms with Gasteiger partial charge in [-0.1, -0.05) is 12.1 Å². The summed E-state index contributed by atoms with van der Waals surface area (Å²) in [5.41, 5.74) is 3.61. The smallest absolute Gasteiger partial charge is 0.260 e. The number of benzene rings is 1. The molecule has 0 amide bonds. The van der Waals surface area contributed by atoms with Gasteiger partial charge in [-0.3, -0.25) is 9.78 Å². The van der Waals surface area contributed by atoms with Gasteiger partial charge in [0.2, 0.25) is 0 Å². The minimum absolute atomic E-state index is 0.171. The molecule has 0 aliphatic carbocycles. The molecule has 0 aliphatic heterocycles. The monoisotopic (exact) mass is 365 g/mol. The Hall–Kier alpha value is -2.86. The fourth-order valence-corrected chi connectivity index (χ4v) is 4.14. The number of hydrogen-bond acceptors (Lipinski definition) is 4. The van der Waals surface area contributed by atoms with Crippen LogP contribution in [0.25, 0.3) is 21.3 Å². The van der Waals surface area contributed by atoms with Crippen LogP contribution >= 0.6 is 11.3 Å². The molecular formula is C20H16FN3OS. The zero-order valence-corrected chi connectivity index (χ0v) is 15.2. The van der Waals surface area contributed by atoms with Gasteiger partial charge in [-0.2, -0.15) is 0 Å². The first kappa shape index (κ1) is 16.6. The summed E-state index contributed by atoms with van der Waals surface area (Å²) in [6.45, 7) is 3.96. The minimum atomic E-state index is -0.299. The van der Waals surface area contributed by atoms with Gasteiger partial charge in [0.05, 0.1) is 5.39 Å². The molecule has 6 heteroatoms. The maximum Gasteiger partial charge on any atom is 0.260 e. The molecule has 130 valence electrons. The average molecular weight is 365 g/mol. The number of aromatic nitrogens is 3. The average Bonchev–Trinajstić information content (AvgIpc) is 2.94. The van der Waals surface area contributed by atoms with Gasteiger partial charge < -0.3 is 4.98 Å². The summed E-state index contributed by atoms with van der Waals surface area (Å²) in [6.07, 6.45) is 4.06. The Balaban J connectivity index is 1.83. The maximum atomic E-state index is 13.2. The molecule has 1 N–H and O–H groups in total. The van der Waals surface area contributed by atoms with Crippen LogP contribution in [0.2, 0.25) is 0 Å². The van der Waals surface area contributed by atoms with E-state index in [4.69, 9.17) is 0 Å². The lowest BCUT2D eigenvalue weighted by Gasteiger charge is -2.05. The van der Waals surface area contributed by atoms with Crippen molar-refractivity contribution < 1.29 is 4.39 Å². The zero-order valence-electron chi connectivity index (χ0n) is 14.3. The van der Waals surface area contributed by atoms with E-state index in [-0.39, 0.29) is 11.4 Å². The number of rotatable bonds is 3. The summed E-state index contributed by atoms with van der Waals surface area (Å²) >= 11 is 1.48. The van der Waals surface area contributed by atoms with Crippen LogP contribution in [0.3, 0.4) is 0 Å². The van der Waals surface area contributed by atoms with Crippen molar-refractivity contribution in [3.8, 4) is 11.1 Å². The number of pyridine rings is 1. The Morgan fingerprint density at radius 3 is 2.65 bits per heavy atom. The van der Waals surface area contributed by atoms with Crippen molar-refractivity contribution in [3.05, 3.63) is 80.7 Å². The number of halogens is 1. The molecule has 0 radical (unpaired) electrons. The van der Waals surface area contributed by atoms with Crippen molar-refractivity contribution in [3.63, 3.8) is 0 Å². The number of fused-ring (bicyclic) bond motifs is 1. The zero-order chi connectivity index (χ0) is 18.3. The highest BCUT2D eigenvalue weighted by Gasteiger charge is 2.17. The van der Waals surface area contributed by atoms with E-state index in [0.717, 1.165) is 27.1 Å². The van der Waals surface area contributed by atoms with Gasteiger partial charge in [0.25, 0.3) is 5.56 Å². The molecule has 3 aromatic heterocycles. The molecule has 0 unspecified atom stereocenters. The Labute approximate surface area is 153 Å². The van der Waals surface area contributed by atoms with Crippen LogP contribution in [0, 0.1) is 19.7 Å². The Kier molecular flexibility index (Phi) is 4.12. The molecule has 4 rings (SSSR count). The van der Waals surface area contributed by atoms with E-state index in [2.05, 4.69) is 15.0 Å². The molecule has 0 spiro atoms. The second kappa shape index (κ2) is 6.46. The minimum Gasteiger partial charge on any atom is -0.310 e. The first-order chi connectivity index (χ1) is 12.5. The molecule has 0 aliphatic rings. The van der Waals surface area contributed by atoms with E-state index in [9.17, 15) is 9.18 Å². The number of nitrogens with one attached hydrogen (secondary N) is 1. The first-order valence-corrected chi connectivity index (χ1v) is 9.02. The largest absolute Gasteiger partial charge is 0.310 e. The molecule has 4 aromatic rings. The van der Waals surface area contributed by atoms with E-state index < -0.39 is 0 Å². The van der Waals surface area contributed by atoms with E-state index in [1.54, 1.807) is 24.5 Å². The fraction of sp³-hybridized carbons (Fsp3) is 0.150. The summed E-state index contributed by atoms with van der Waals surface area (Å²) in [7, 11) is 0. The Morgan fingerprint density at radius 2 is 1.92 bits per heavy atom. The quantitative estimate of drug-likeness (QED) is 0.586. The SMILES string of the molecule is Cc1ccncc1Cc1nc2sc(C)c(-c3ccc(F)cc3)c2c(=O)[nH]1. The van der Waals surface area contributed by atoms with Crippen molar-refractivity contribution in [2.45, 2.75) is 20.3 Å². The highest BCUT2D eigenvalue weighted by atomic mass is 32.1. The Bertz CT molecular complexity index is 1160. The standard InChI is InChI=1S/C20H16FN3OS/c1-11-7-8-22-10-14(11)9-16-23-19(25)18-17(12(2)26-20(18)24-16)13-3-5-15(21)6-4-13/h3-8,10H,9H2,1-2H3,(H,23,24,25). The molecule has 0 bridgehead atoms. The van der Waals surface area contributed by atoms with E-state index >= 15 is 0 Å². The van der Waals surface area contributed by atoms with Gasteiger partial charge in [0, 0.05) is 29.3 Å².